The summed E-state index contributed by atoms with van der Waals surface area (Å²) in [6.07, 6.45) is 0.301. The Balaban J connectivity index is 1.84. The Labute approximate surface area is 157 Å². The molecule has 1 saturated heterocycles. The van der Waals surface area contributed by atoms with E-state index in [0.717, 1.165) is 22.9 Å². The van der Waals surface area contributed by atoms with Gasteiger partial charge < -0.3 is 9.84 Å². The average Bonchev–Trinajstić information content (AvgIpc) is 3.05. The van der Waals surface area contributed by atoms with E-state index in [2.05, 4.69) is 60.0 Å². The Kier molecular flexibility index (Phi) is 4.46. The molecule has 0 radical (unpaired) electrons. The van der Waals surface area contributed by atoms with Crippen molar-refractivity contribution in [1.82, 2.24) is 19.5 Å². The minimum Gasteiger partial charge on any atom is -0.492 e. The predicted molar refractivity (Wildman–Crippen MR) is 102 cm³/mol. The lowest BCUT2D eigenvalue weighted by Crippen LogP contribution is -2.47. The van der Waals surface area contributed by atoms with Crippen LogP contribution in [0.2, 0.25) is 0 Å². The summed E-state index contributed by atoms with van der Waals surface area (Å²) in [6, 6.07) is 8.44. The van der Waals surface area contributed by atoms with Crippen molar-refractivity contribution in [2.45, 2.75) is 45.9 Å². The van der Waals surface area contributed by atoms with Gasteiger partial charge in [-0.25, -0.2) is 4.98 Å². The Morgan fingerprint density at radius 2 is 1.96 bits per heavy atom. The molecule has 1 N–H and O–H groups in total. The molecule has 2 aromatic heterocycles. The number of rotatable bonds is 3. The van der Waals surface area contributed by atoms with Gasteiger partial charge in [-0.05, 0) is 33.3 Å². The third-order valence-electron chi connectivity index (χ3n) is 4.72. The molecule has 0 amide bonds. The van der Waals surface area contributed by atoms with Crippen molar-refractivity contribution >= 4 is 16.3 Å². The van der Waals surface area contributed by atoms with Gasteiger partial charge in [0.1, 0.15) is 5.82 Å². The fourth-order valence-corrected chi connectivity index (χ4v) is 4.99. The van der Waals surface area contributed by atoms with Crippen LogP contribution in [0, 0.1) is 13.8 Å². The van der Waals surface area contributed by atoms with Gasteiger partial charge >= 0.3 is 0 Å². The van der Waals surface area contributed by atoms with Crippen LogP contribution >= 0.6 is 11.3 Å². The van der Waals surface area contributed by atoms with E-state index in [0.29, 0.717) is 5.82 Å². The molecule has 3 aromatic rings. The molecule has 3 atom stereocenters. The lowest BCUT2D eigenvalue weighted by atomic mass is 10.00. The number of hydrogen-bond acceptors (Lipinski definition) is 6. The number of benzene rings is 1. The first-order chi connectivity index (χ1) is 12.4. The lowest BCUT2D eigenvalue weighted by Gasteiger charge is -2.40. The number of fused-ring (bicyclic) bond motifs is 1. The summed E-state index contributed by atoms with van der Waals surface area (Å²) >= 11 is 1.51. The van der Waals surface area contributed by atoms with Gasteiger partial charge in [-0.1, -0.05) is 41.2 Å². The molecule has 3 unspecified atom stereocenters. The SMILES string of the molecule is Cc1cccc(C(c2sc3nc(C)nn3c2O)N2CC(C)OC(C)C2)c1. The molecule has 0 spiro atoms. The quantitative estimate of drug-likeness (QED) is 0.764. The summed E-state index contributed by atoms with van der Waals surface area (Å²) in [5, 5.41) is 15.2. The molecule has 1 aliphatic heterocycles. The van der Waals surface area contributed by atoms with Crippen LogP contribution in [0.4, 0.5) is 0 Å². The van der Waals surface area contributed by atoms with Crippen LogP contribution in [0.5, 0.6) is 5.88 Å². The van der Waals surface area contributed by atoms with Gasteiger partial charge in [-0.3, -0.25) is 4.90 Å². The third-order valence-corrected chi connectivity index (χ3v) is 5.80. The van der Waals surface area contributed by atoms with E-state index < -0.39 is 0 Å². The van der Waals surface area contributed by atoms with Crippen LogP contribution in [0.1, 0.15) is 41.7 Å². The molecule has 6 nitrogen and oxygen atoms in total. The van der Waals surface area contributed by atoms with E-state index in [-0.39, 0.29) is 24.1 Å². The van der Waals surface area contributed by atoms with Crippen molar-refractivity contribution in [3.63, 3.8) is 0 Å². The van der Waals surface area contributed by atoms with Crippen LogP contribution < -0.4 is 0 Å². The monoisotopic (exact) mass is 372 g/mol. The highest BCUT2D eigenvalue weighted by atomic mass is 32.1. The molecule has 3 heterocycles. The van der Waals surface area contributed by atoms with Crippen molar-refractivity contribution in [1.29, 1.82) is 0 Å². The number of aryl methyl sites for hydroxylation is 2. The van der Waals surface area contributed by atoms with Crippen molar-refractivity contribution in [3.8, 4) is 5.88 Å². The van der Waals surface area contributed by atoms with E-state index in [1.54, 1.807) is 4.52 Å². The van der Waals surface area contributed by atoms with Gasteiger partial charge in [0.25, 0.3) is 0 Å². The van der Waals surface area contributed by atoms with Crippen LogP contribution in [-0.2, 0) is 4.74 Å². The number of aromatic nitrogens is 3. The Hall–Kier alpha value is -1.96. The maximum atomic E-state index is 10.9. The highest BCUT2D eigenvalue weighted by Crippen LogP contribution is 2.41. The summed E-state index contributed by atoms with van der Waals surface area (Å²) in [4.78, 5) is 8.43. The summed E-state index contributed by atoms with van der Waals surface area (Å²) in [7, 11) is 0. The maximum absolute atomic E-state index is 10.9. The Bertz CT molecular complexity index is 925. The molecular formula is C19H24N4O2S. The van der Waals surface area contributed by atoms with Crippen molar-refractivity contribution in [3.05, 3.63) is 46.1 Å². The topological polar surface area (TPSA) is 62.9 Å². The van der Waals surface area contributed by atoms with Gasteiger partial charge in [0.15, 0.2) is 0 Å². The van der Waals surface area contributed by atoms with Gasteiger partial charge in [0.2, 0.25) is 10.8 Å². The van der Waals surface area contributed by atoms with Crippen molar-refractivity contribution < 1.29 is 9.84 Å². The Morgan fingerprint density at radius 1 is 1.23 bits per heavy atom. The van der Waals surface area contributed by atoms with E-state index in [1.165, 1.54) is 22.5 Å². The van der Waals surface area contributed by atoms with Gasteiger partial charge in [0.05, 0.1) is 23.1 Å². The number of hydrogen-bond donors (Lipinski definition) is 1. The van der Waals surface area contributed by atoms with E-state index in [4.69, 9.17) is 4.74 Å². The predicted octanol–water partition coefficient (Wildman–Crippen LogP) is 3.31. The van der Waals surface area contributed by atoms with Gasteiger partial charge in [0, 0.05) is 13.1 Å². The molecule has 0 saturated carbocycles. The molecule has 7 heteroatoms. The largest absolute Gasteiger partial charge is 0.492 e. The standard InChI is InChI=1S/C19H24N4O2S/c1-11-6-5-7-15(8-11)16(22-9-12(2)25-13(3)10-22)17-18(24)23-19(26-17)20-14(4)21-23/h5-8,12-13,16,24H,9-10H2,1-4H3. The minimum absolute atomic E-state index is 0.0440. The number of morpholine rings is 1. The summed E-state index contributed by atoms with van der Waals surface area (Å²) in [6.45, 7) is 9.76. The lowest BCUT2D eigenvalue weighted by molar-refractivity contribution is -0.0764. The zero-order chi connectivity index (χ0) is 18.4. The molecule has 4 rings (SSSR count). The average molecular weight is 372 g/mol. The van der Waals surface area contributed by atoms with Crippen molar-refractivity contribution in [2.24, 2.45) is 0 Å². The van der Waals surface area contributed by atoms with E-state index >= 15 is 0 Å². The highest BCUT2D eigenvalue weighted by molar-refractivity contribution is 7.17. The molecule has 1 aliphatic rings. The number of nitrogens with zero attached hydrogens (tertiary/aromatic N) is 4. The first-order valence-corrected chi connectivity index (χ1v) is 9.75. The molecule has 138 valence electrons. The number of ether oxygens (including phenoxy) is 1. The van der Waals surface area contributed by atoms with Crippen LogP contribution in [0.3, 0.4) is 0 Å². The smallest absolute Gasteiger partial charge is 0.230 e. The second kappa shape index (κ2) is 6.64. The second-order valence-electron chi connectivity index (χ2n) is 7.17. The van der Waals surface area contributed by atoms with Crippen molar-refractivity contribution in [2.75, 3.05) is 13.1 Å². The fourth-order valence-electron chi connectivity index (χ4n) is 3.82. The fraction of sp³-hybridized carbons (Fsp3) is 0.474. The molecule has 1 aromatic carbocycles. The van der Waals surface area contributed by atoms with Crippen LogP contribution in [0.15, 0.2) is 24.3 Å². The number of thiazole rings is 1. The summed E-state index contributed by atoms with van der Waals surface area (Å²) in [5.74, 6) is 0.850. The molecule has 0 aliphatic carbocycles. The summed E-state index contributed by atoms with van der Waals surface area (Å²) < 4.78 is 7.47. The highest BCUT2D eigenvalue weighted by Gasteiger charge is 2.34. The molecule has 0 bridgehead atoms. The first-order valence-electron chi connectivity index (χ1n) is 8.93. The first kappa shape index (κ1) is 17.5. The van der Waals surface area contributed by atoms with E-state index in [9.17, 15) is 5.11 Å². The Morgan fingerprint density at radius 3 is 2.62 bits per heavy atom. The van der Waals surface area contributed by atoms with Crippen LogP contribution in [0.25, 0.3) is 4.96 Å². The normalized spacial score (nSPS) is 22.8. The number of aromatic hydroxyl groups is 1. The molecule has 26 heavy (non-hydrogen) atoms. The zero-order valence-electron chi connectivity index (χ0n) is 15.5. The maximum Gasteiger partial charge on any atom is 0.230 e. The third kappa shape index (κ3) is 3.11. The zero-order valence-corrected chi connectivity index (χ0v) is 16.3. The van der Waals surface area contributed by atoms with E-state index in [1.807, 2.05) is 6.92 Å². The second-order valence-corrected chi connectivity index (χ2v) is 8.18. The molecular weight excluding hydrogens is 348 g/mol. The molecule has 1 fully saturated rings. The van der Waals surface area contributed by atoms with Crippen LogP contribution in [-0.4, -0.2) is 49.9 Å². The minimum atomic E-state index is -0.0440. The van der Waals surface area contributed by atoms with Gasteiger partial charge in [-0.15, -0.1) is 5.10 Å². The summed E-state index contributed by atoms with van der Waals surface area (Å²) in [5.41, 5.74) is 2.37. The van der Waals surface area contributed by atoms with Gasteiger partial charge in [-0.2, -0.15) is 4.52 Å².